The van der Waals surface area contributed by atoms with Gasteiger partial charge < -0.3 is 20.5 Å². The maximum atomic E-state index is 13.4. The van der Waals surface area contributed by atoms with E-state index in [1.807, 2.05) is 42.6 Å². The standard InChI is InChI=1S/C23H21FN4O2S/c24-22-10-17-9-15(2-3-16(17)11-26-22)21-13-28-23(31-21)27-12-18(25)7-14-1-4-19-20(8-14)30-6-5-29-19/h1-4,8-11,13,18H,5-7,12,25H2,(H,27,28). The van der Waals surface area contributed by atoms with Crippen LogP contribution in [0, 0.1) is 5.95 Å². The van der Waals surface area contributed by atoms with E-state index in [2.05, 4.69) is 15.3 Å². The first-order valence-corrected chi connectivity index (χ1v) is 10.9. The molecule has 0 saturated carbocycles. The van der Waals surface area contributed by atoms with Crippen LogP contribution in [-0.4, -0.2) is 35.8 Å². The highest BCUT2D eigenvalue weighted by Gasteiger charge is 2.14. The molecular formula is C23H21FN4O2S. The molecule has 3 heterocycles. The minimum atomic E-state index is -0.483. The fourth-order valence-corrected chi connectivity index (χ4v) is 4.38. The van der Waals surface area contributed by atoms with E-state index in [-0.39, 0.29) is 6.04 Å². The van der Waals surface area contributed by atoms with Crippen LogP contribution in [0.5, 0.6) is 11.5 Å². The summed E-state index contributed by atoms with van der Waals surface area (Å²) >= 11 is 1.54. The van der Waals surface area contributed by atoms with Crippen molar-refractivity contribution >= 4 is 27.2 Å². The number of anilines is 1. The summed E-state index contributed by atoms with van der Waals surface area (Å²) in [6.07, 6.45) is 4.07. The van der Waals surface area contributed by atoms with E-state index in [1.165, 1.54) is 12.3 Å². The van der Waals surface area contributed by atoms with Gasteiger partial charge >= 0.3 is 0 Å². The molecule has 0 spiro atoms. The van der Waals surface area contributed by atoms with Crippen molar-refractivity contribution in [1.82, 2.24) is 9.97 Å². The Balaban J connectivity index is 1.22. The molecule has 6 nitrogen and oxygen atoms in total. The molecule has 1 unspecified atom stereocenters. The summed E-state index contributed by atoms with van der Waals surface area (Å²) in [5.74, 6) is 1.08. The number of ether oxygens (including phenoxy) is 2. The lowest BCUT2D eigenvalue weighted by molar-refractivity contribution is 0.171. The van der Waals surface area contributed by atoms with Crippen LogP contribution in [0.25, 0.3) is 21.2 Å². The SMILES string of the molecule is NC(CNc1ncc(-c2ccc3cnc(F)cc3c2)s1)Cc1ccc2c(c1)OCCO2. The molecule has 31 heavy (non-hydrogen) atoms. The number of rotatable bonds is 6. The number of nitrogens with one attached hydrogen (secondary N) is 1. The second-order valence-corrected chi connectivity index (χ2v) is 8.45. The van der Waals surface area contributed by atoms with Crippen LogP contribution < -0.4 is 20.5 Å². The molecule has 0 amide bonds. The number of hydrogen-bond donors (Lipinski definition) is 2. The molecule has 5 rings (SSSR count). The van der Waals surface area contributed by atoms with Crippen LogP contribution in [0.3, 0.4) is 0 Å². The van der Waals surface area contributed by atoms with Gasteiger partial charge in [-0.25, -0.2) is 9.97 Å². The van der Waals surface area contributed by atoms with Crippen LogP contribution in [0.4, 0.5) is 9.52 Å². The first-order chi connectivity index (χ1) is 15.1. The van der Waals surface area contributed by atoms with Crippen molar-refractivity contribution in [3.63, 3.8) is 0 Å². The summed E-state index contributed by atoms with van der Waals surface area (Å²) < 4.78 is 24.6. The smallest absolute Gasteiger partial charge is 0.213 e. The van der Waals surface area contributed by atoms with Crippen molar-refractivity contribution < 1.29 is 13.9 Å². The highest BCUT2D eigenvalue weighted by Crippen LogP contribution is 2.32. The van der Waals surface area contributed by atoms with Gasteiger partial charge in [0.15, 0.2) is 16.6 Å². The Kier molecular flexibility index (Phi) is 5.40. The highest BCUT2D eigenvalue weighted by molar-refractivity contribution is 7.18. The number of hydrogen-bond acceptors (Lipinski definition) is 7. The van der Waals surface area contributed by atoms with Crippen LogP contribution in [-0.2, 0) is 6.42 Å². The van der Waals surface area contributed by atoms with Crippen molar-refractivity contribution in [2.75, 3.05) is 25.1 Å². The third-order valence-electron chi connectivity index (χ3n) is 5.10. The van der Waals surface area contributed by atoms with Crippen LogP contribution >= 0.6 is 11.3 Å². The van der Waals surface area contributed by atoms with Crippen molar-refractivity contribution in [1.29, 1.82) is 0 Å². The summed E-state index contributed by atoms with van der Waals surface area (Å²) in [5.41, 5.74) is 8.42. The van der Waals surface area contributed by atoms with E-state index in [4.69, 9.17) is 15.2 Å². The molecule has 158 valence electrons. The Hall–Kier alpha value is -3.23. The highest BCUT2D eigenvalue weighted by atomic mass is 32.1. The molecule has 1 aliphatic heterocycles. The zero-order valence-corrected chi connectivity index (χ0v) is 17.5. The fourth-order valence-electron chi connectivity index (χ4n) is 3.56. The second kappa shape index (κ2) is 8.49. The van der Waals surface area contributed by atoms with Crippen LogP contribution in [0.2, 0.25) is 0 Å². The van der Waals surface area contributed by atoms with Crippen molar-refractivity contribution in [2.45, 2.75) is 12.5 Å². The normalized spacial score (nSPS) is 13.9. The summed E-state index contributed by atoms with van der Waals surface area (Å²) in [6.45, 7) is 1.74. The first kappa shape index (κ1) is 19.7. The molecule has 2 aromatic heterocycles. The Morgan fingerprint density at radius 1 is 1.00 bits per heavy atom. The van der Waals surface area contributed by atoms with Crippen LogP contribution in [0.1, 0.15) is 5.56 Å². The number of thiazole rings is 1. The van der Waals surface area contributed by atoms with E-state index in [0.717, 1.165) is 43.4 Å². The molecule has 2 aromatic carbocycles. The monoisotopic (exact) mass is 436 g/mol. The maximum Gasteiger partial charge on any atom is 0.213 e. The molecule has 1 aliphatic rings. The van der Waals surface area contributed by atoms with E-state index in [0.29, 0.717) is 26.2 Å². The third kappa shape index (κ3) is 4.45. The molecule has 0 aliphatic carbocycles. The first-order valence-electron chi connectivity index (χ1n) is 10.0. The zero-order valence-electron chi connectivity index (χ0n) is 16.7. The second-order valence-electron chi connectivity index (χ2n) is 7.42. The van der Waals surface area contributed by atoms with Crippen molar-refractivity contribution in [3.05, 3.63) is 66.4 Å². The predicted molar refractivity (Wildman–Crippen MR) is 120 cm³/mol. The van der Waals surface area contributed by atoms with Gasteiger partial charge in [-0.3, -0.25) is 0 Å². The van der Waals surface area contributed by atoms with Gasteiger partial charge in [-0.2, -0.15) is 4.39 Å². The molecule has 0 fully saturated rings. The molecule has 4 aromatic rings. The number of nitrogens with two attached hydrogens (primary N) is 1. The molecule has 0 radical (unpaired) electrons. The van der Waals surface area contributed by atoms with Crippen LogP contribution in [0.15, 0.2) is 54.9 Å². The molecule has 0 saturated heterocycles. The Morgan fingerprint density at radius 2 is 1.87 bits per heavy atom. The topological polar surface area (TPSA) is 82.3 Å². The number of aromatic nitrogens is 2. The van der Waals surface area contributed by atoms with Gasteiger partial charge in [-0.15, -0.1) is 0 Å². The molecule has 3 N–H and O–H groups in total. The molecule has 1 atom stereocenters. The van der Waals surface area contributed by atoms with Gasteiger partial charge in [0.1, 0.15) is 13.2 Å². The van der Waals surface area contributed by atoms with E-state index in [9.17, 15) is 4.39 Å². The Morgan fingerprint density at radius 3 is 2.77 bits per heavy atom. The van der Waals surface area contributed by atoms with E-state index in [1.54, 1.807) is 11.3 Å². The van der Waals surface area contributed by atoms with Gasteiger partial charge in [0.05, 0.1) is 4.88 Å². The third-order valence-corrected chi connectivity index (χ3v) is 6.10. The molecule has 0 bridgehead atoms. The molecular weight excluding hydrogens is 415 g/mol. The summed E-state index contributed by atoms with van der Waals surface area (Å²) in [7, 11) is 0. The van der Waals surface area contributed by atoms with Gasteiger partial charge in [-0.1, -0.05) is 29.5 Å². The fraction of sp³-hybridized carbons (Fsp3) is 0.217. The largest absolute Gasteiger partial charge is 0.486 e. The summed E-state index contributed by atoms with van der Waals surface area (Å²) in [6, 6.07) is 13.2. The van der Waals surface area contributed by atoms with E-state index >= 15 is 0 Å². The van der Waals surface area contributed by atoms with Gasteiger partial charge in [0.2, 0.25) is 5.95 Å². The lowest BCUT2D eigenvalue weighted by Crippen LogP contribution is -2.31. The van der Waals surface area contributed by atoms with Gasteiger partial charge in [0.25, 0.3) is 0 Å². The minimum Gasteiger partial charge on any atom is -0.486 e. The average molecular weight is 437 g/mol. The van der Waals surface area contributed by atoms with Gasteiger partial charge in [0, 0.05) is 36.4 Å². The van der Waals surface area contributed by atoms with Crippen molar-refractivity contribution in [3.8, 4) is 21.9 Å². The number of fused-ring (bicyclic) bond motifs is 2. The number of halogens is 1. The summed E-state index contributed by atoms with van der Waals surface area (Å²) in [4.78, 5) is 9.15. The Labute approximate surface area is 182 Å². The lowest BCUT2D eigenvalue weighted by atomic mass is 10.1. The zero-order chi connectivity index (χ0) is 21.2. The maximum absolute atomic E-state index is 13.4. The molecule has 8 heteroatoms. The number of nitrogens with zero attached hydrogens (tertiary/aromatic N) is 2. The lowest BCUT2D eigenvalue weighted by Gasteiger charge is -2.19. The number of pyridine rings is 1. The van der Waals surface area contributed by atoms with Gasteiger partial charge in [-0.05, 0) is 41.1 Å². The minimum absolute atomic E-state index is 0.0777. The predicted octanol–water partition coefficient (Wildman–Crippen LogP) is 4.25. The van der Waals surface area contributed by atoms with Crippen molar-refractivity contribution in [2.24, 2.45) is 5.73 Å². The summed E-state index contributed by atoms with van der Waals surface area (Å²) in [5, 5.41) is 5.83. The average Bonchev–Trinajstić information content (AvgIpc) is 3.26. The Bertz CT molecular complexity index is 1230. The quantitative estimate of drug-likeness (QED) is 0.440. The number of benzene rings is 2. The van der Waals surface area contributed by atoms with E-state index < -0.39 is 5.95 Å².